The maximum Gasteiger partial charge on any atom is 0.333 e. The Hall–Kier alpha value is -2.78. The van der Waals surface area contributed by atoms with Crippen LogP contribution < -0.4 is 5.32 Å². The lowest BCUT2D eigenvalue weighted by Gasteiger charge is -2.46. The minimum atomic E-state index is -1.86. The molecular formula is C34H57N3O15. The third-order valence-corrected chi connectivity index (χ3v) is 9.41. The second kappa shape index (κ2) is 20.6. The van der Waals surface area contributed by atoms with Gasteiger partial charge in [0.1, 0.15) is 62.0 Å². The van der Waals surface area contributed by atoms with Gasteiger partial charge in [-0.15, -0.1) is 0 Å². The Morgan fingerprint density at radius 2 is 1.69 bits per heavy atom. The van der Waals surface area contributed by atoms with Crippen molar-refractivity contribution in [1.82, 2.24) is 15.3 Å². The number of carbonyl (C=O) groups is 4. The summed E-state index contributed by atoms with van der Waals surface area (Å²) in [5.41, 5.74) is 0.288. The average Bonchev–Trinajstić information content (AvgIpc) is 3.12. The molecule has 3 aliphatic heterocycles. The summed E-state index contributed by atoms with van der Waals surface area (Å²) in [5.74, 6) is -1.94. The fraction of sp³-hybridized carbons (Fsp3) is 0.824. The minimum Gasteiger partial charge on any atom is -0.461 e. The van der Waals surface area contributed by atoms with E-state index in [4.69, 9.17) is 28.5 Å². The number of carbonyl (C=O) groups excluding carboxylic acids is 4. The summed E-state index contributed by atoms with van der Waals surface area (Å²) in [5, 5.41) is 57.7. The van der Waals surface area contributed by atoms with Gasteiger partial charge in [0.25, 0.3) is 0 Å². The SMILES string of the molecule is C/C=C(\C)C(=O)OC[C@H]1O[C@@H](O[C@H]2[C@H](ON3CCC[C@@H](OC(C)=O)CN(C(=O)[C@@H](C)CC)CCCNC(=O)C3)O[C@@H](C)[C@H](O)[C@H]2O)[C@H](O)[C@@H](O)[C@@H]1O. The molecule has 0 aromatic rings. The van der Waals surface area contributed by atoms with Crippen molar-refractivity contribution < 1.29 is 73.2 Å². The first-order valence-corrected chi connectivity index (χ1v) is 17.9. The number of nitrogens with zero attached hydrogens (tertiary/aromatic N) is 2. The van der Waals surface area contributed by atoms with Crippen molar-refractivity contribution in [1.29, 1.82) is 0 Å². The molecule has 52 heavy (non-hydrogen) atoms. The number of amides is 2. The van der Waals surface area contributed by atoms with Gasteiger partial charge in [0, 0.05) is 38.0 Å². The van der Waals surface area contributed by atoms with Gasteiger partial charge in [0.05, 0.1) is 12.6 Å². The average molecular weight is 748 g/mol. The number of esters is 2. The van der Waals surface area contributed by atoms with E-state index in [0.29, 0.717) is 32.2 Å². The lowest BCUT2D eigenvalue weighted by Crippen LogP contribution is -2.64. The van der Waals surface area contributed by atoms with Crippen LogP contribution in [0, 0.1) is 5.92 Å². The number of allylic oxidation sites excluding steroid dienone is 1. The molecule has 18 nitrogen and oxygen atoms in total. The first-order chi connectivity index (χ1) is 24.6. The molecule has 298 valence electrons. The van der Waals surface area contributed by atoms with Gasteiger partial charge in [-0.25, -0.2) is 4.79 Å². The second-order valence-corrected chi connectivity index (χ2v) is 13.5. The van der Waals surface area contributed by atoms with E-state index in [1.54, 1.807) is 11.8 Å². The standard InChI is InChI=1S/C34H57N3O15/c1-7-18(3)31(45)36-13-10-12-35-24(39)16-37(14-9-11-22(15-36)49-21(6)38)52-34-30(28(43)25(40)20(5)48-34)51-33-29(44)27(42)26(41)23(50-33)17-47-32(46)19(4)8-2/h8,18,20,22-23,25-30,33-34,40-44H,7,9-17H2,1-6H3,(H,35,39)/b19-8+/t18-,20-,22+,23+,25-,26+,27-,28+,29+,30+,33-,34-/m0/s1. The fourth-order valence-corrected chi connectivity index (χ4v) is 5.91. The molecule has 3 heterocycles. The molecule has 3 saturated heterocycles. The van der Waals surface area contributed by atoms with E-state index < -0.39 is 92.0 Å². The van der Waals surface area contributed by atoms with Crippen LogP contribution >= 0.6 is 0 Å². The van der Waals surface area contributed by atoms with E-state index in [9.17, 15) is 44.7 Å². The van der Waals surface area contributed by atoms with E-state index >= 15 is 0 Å². The molecule has 0 aliphatic carbocycles. The summed E-state index contributed by atoms with van der Waals surface area (Å²) in [4.78, 5) is 58.1. The summed E-state index contributed by atoms with van der Waals surface area (Å²) in [6.45, 7) is 9.66. The van der Waals surface area contributed by atoms with Gasteiger partial charge in [-0.1, -0.05) is 19.9 Å². The third kappa shape index (κ3) is 12.1. The predicted molar refractivity (Wildman–Crippen MR) is 179 cm³/mol. The maximum atomic E-state index is 13.1. The zero-order valence-corrected chi connectivity index (χ0v) is 30.8. The second-order valence-electron chi connectivity index (χ2n) is 13.5. The molecule has 0 radical (unpaired) electrons. The van der Waals surface area contributed by atoms with Gasteiger partial charge in [-0.05, 0) is 46.5 Å². The van der Waals surface area contributed by atoms with Crippen molar-refractivity contribution in [3.05, 3.63) is 11.6 Å². The largest absolute Gasteiger partial charge is 0.461 e. The predicted octanol–water partition coefficient (Wildman–Crippen LogP) is -1.50. The highest BCUT2D eigenvalue weighted by Gasteiger charge is 2.51. The van der Waals surface area contributed by atoms with Gasteiger partial charge >= 0.3 is 11.9 Å². The Balaban J connectivity index is 1.80. The number of hydroxylamine groups is 2. The van der Waals surface area contributed by atoms with Gasteiger partial charge in [-0.2, -0.15) is 5.06 Å². The van der Waals surface area contributed by atoms with Crippen LogP contribution in [-0.2, 0) is 47.7 Å². The molecule has 0 bridgehead atoms. The first kappa shape index (κ1) is 43.6. The van der Waals surface area contributed by atoms with Crippen LogP contribution in [0.2, 0.25) is 0 Å². The van der Waals surface area contributed by atoms with Crippen molar-refractivity contribution in [2.45, 2.75) is 135 Å². The molecule has 0 aromatic heterocycles. The molecule has 12 atom stereocenters. The van der Waals surface area contributed by atoms with Crippen LogP contribution in [0.3, 0.4) is 0 Å². The molecule has 3 aliphatic rings. The van der Waals surface area contributed by atoms with Gasteiger partial charge in [0.15, 0.2) is 6.29 Å². The van der Waals surface area contributed by atoms with Crippen molar-refractivity contribution in [3.63, 3.8) is 0 Å². The number of rotatable bonds is 10. The van der Waals surface area contributed by atoms with Gasteiger partial charge in [0.2, 0.25) is 18.1 Å². The van der Waals surface area contributed by atoms with Crippen molar-refractivity contribution >= 4 is 23.8 Å². The topological polar surface area (TPSA) is 243 Å². The van der Waals surface area contributed by atoms with E-state index in [2.05, 4.69) is 5.32 Å². The summed E-state index contributed by atoms with van der Waals surface area (Å²) < 4.78 is 28.2. The molecule has 0 saturated carbocycles. The highest BCUT2D eigenvalue weighted by Crippen LogP contribution is 2.30. The Kier molecular flexibility index (Phi) is 17.3. The lowest BCUT2D eigenvalue weighted by molar-refractivity contribution is -0.393. The molecule has 2 amide bonds. The lowest BCUT2D eigenvalue weighted by atomic mass is 9.97. The van der Waals surface area contributed by atoms with Crippen molar-refractivity contribution in [3.8, 4) is 0 Å². The van der Waals surface area contributed by atoms with Crippen molar-refractivity contribution in [2.24, 2.45) is 5.92 Å². The molecule has 0 spiro atoms. The monoisotopic (exact) mass is 747 g/mol. The van der Waals surface area contributed by atoms with E-state index in [1.807, 2.05) is 13.8 Å². The van der Waals surface area contributed by atoms with Crippen LogP contribution in [0.1, 0.15) is 67.2 Å². The summed E-state index contributed by atoms with van der Waals surface area (Å²) in [6.07, 6.45) is -13.1. The van der Waals surface area contributed by atoms with Gasteiger partial charge in [-0.3, -0.25) is 19.2 Å². The smallest absolute Gasteiger partial charge is 0.333 e. The number of hydrogen-bond acceptors (Lipinski definition) is 16. The summed E-state index contributed by atoms with van der Waals surface area (Å²) in [7, 11) is 0. The number of hydrogen-bond donors (Lipinski definition) is 6. The summed E-state index contributed by atoms with van der Waals surface area (Å²) >= 11 is 0. The normalized spacial score (nSPS) is 35.3. The van der Waals surface area contributed by atoms with Crippen molar-refractivity contribution in [2.75, 3.05) is 39.3 Å². The minimum absolute atomic E-state index is 0.0775. The van der Waals surface area contributed by atoms with Crippen LogP contribution in [0.5, 0.6) is 0 Å². The van der Waals surface area contributed by atoms with E-state index in [0.717, 1.165) is 0 Å². The Morgan fingerprint density at radius 1 is 0.981 bits per heavy atom. The van der Waals surface area contributed by atoms with E-state index in [1.165, 1.54) is 31.9 Å². The molecule has 18 heteroatoms. The number of ether oxygens (including phenoxy) is 5. The Morgan fingerprint density at radius 3 is 2.35 bits per heavy atom. The van der Waals surface area contributed by atoms with E-state index in [-0.39, 0.29) is 43.6 Å². The first-order valence-electron chi connectivity index (χ1n) is 17.9. The molecular weight excluding hydrogens is 690 g/mol. The Bertz CT molecular complexity index is 1220. The van der Waals surface area contributed by atoms with Crippen LogP contribution in [0.25, 0.3) is 0 Å². The van der Waals surface area contributed by atoms with Crippen LogP contribution in [0.4, 0.5) is 0 Å². The quantitative estimate of drug-likeness (QED) is 0.110. The van der Waals surface area contributed by atoms with Crippen LogP contribution in [-0.4, -0.2) is 166 Å². The third-order valence-electron chi connectivity index (χ3n) is 9.41. The maximum absolute atomic E-state index is 13.1. The number of aliphatic hydroxyl groups is 5. The zero-order chi connectivity index (χ0) is 38.7. The molecule has 3 fully saturated rings. The number of aliphatic hydroxyl groups excluding tert-OH is 5. The zero-order valence-electron chi connectivity index (χ0n) is 30.8. The highest BCUT2D eigenvalue weighted by atomic mass is 16.8. The molecule has 6 N–H and O–H groups in total. The highest BCUT2D eigenvalue weighted by molar-refractivity contribution is 5.87. The molecule has 0 unspecified atom stereocenters. The molecule has 3 rings (SSSR count). The van der Waals surface area contributed by atoms with Gasteiger partial charge < -0.3 is 59.4 Å². The Labute approximate surface area is 303 Å². The molecule has 0 aromatic carbocycles. The number of nitrogens with one attached hydrogen (secondary N) is 1. The summed E-state index contributed by atoms with van der Waals surface area (Å²) in [6, 6.07) is 0. The van der Waals surface area contributed by atoms with Crippen LogP contribution in [0.15, 0.2) is 11.6 Å². The fourth-order valence-electron chi connectivity index (χ4n) is 5.91.